The van der Waals surface area contributed by atoms with E-state index in [9.17, 15) is 0 Å². The number of nitrogens with one attached hydrogen (secondary N) is 2. The Morgan fingerprint density at radius 2 is 2.20 bits per heavy atom. The molecule has 1 saturated heterocycles. The Kier molecular flexibility index (Phi) is 4.97. The van der Waals surface area contributed by atoms with Crippen LogP contribution in [0.5, 0.6) is 0 Å². The second-order valence-electron chi connectivity index (χ2n) is 7.91. The van der Waals surface area contributed by atoms with Gasteiger partial charge < -0.3 is 15.2 Å². The highest BCUT2D eigenvalue weighted by Gasteiger charge is 2.38. The minimum atomic E-state index is 0.494. The molecule has 4 rings (SSSR count). The molecule has 6 nitrogen and oxygen atoms in total. The molecule has 0 radical (unpaired) electrons. The molecule has 138 valence electrons. The molecule has 2 fully saturated rings. The fraction of sp³-hybridized carbons (Fsp3) is 0.789. The Morgan fingerprint density at radius 1 is 1.32 bits per heavy atom. The van der Waals surface area contributed by atoms with Crippen LogP contribution >= 0.6 is 0 Å². The standard InChI is InChI=1S/C19H32N6/c1-3-20-19(23-17-13-25(11-14(17)2)16-7-8-16)21-10-15-12-24-9-5-4-6-18(24)22-15/h12,14,16-17H,3-11,13H2,1-2H3,(H2,20,21,23). The molecule has 2 N–H and O–H groups in total. The third-order valence-corrected chi connectivity index (χ3v) is 5.73. The van der Waals surface area contributed by atoms with E-state index in [4.69, 9.17) is 9.98 Å². The van der Waals surface area contributed by atoms with Gasteiger partial charge >= 0.3 is 0 Å². The first-order chi connectivity index (χ1) is 12.2. The number of imidazole rings is 1. The van der Waals surface area contributed by atoms with Crippen LogP contribution in [0.25, 0.3) is 0 Å². The van der Waals surface area contributed by atoms with Gasteiger partial charge in [0.15, 0.2) is 5.96 Å². The molecule has 25 heavy (non-hydrogen) atoms. The van der Waals surface area contributed by atoms with Gasteiger partial charge in [-0.3, -0.25) is 4.90 Å². The third-order valence-electron chi connectivity index (χ3n) is 5.73. The highest BCUT2D eigenvalue weighted by Crippen LogP contribution is 2.31. The molecule has 3 heterocycles. The van der Waals surface area contributed by atoms with Crippen molar-refractivity contribution >= 4 is 5.96 Å². The van der Waals surface area contributed by atoms with Gasteiger partial charge in [0, 0.05) is 50.9 Å². The Hall–Kier alpha value is -1.56. The molecule has 0 amide bonds. The second-order valence-corrected chi connectivity index (χ2v) is 7.91. The number of hydrogen-bond acceptors (Lipinski definition) is 3. The summed E-state index contributed by atoms with van der Waals surface area (Å²) in [4.78, 5) is 12.2. The van der Waals surface area contributed by atoms with E-state index in [2.05, 4.69) is 40.1 Å². The van der Waals surface area contributed by atoms with Crippen molar-refractivity contribution in [2.75, 3.05) is 19.6 Å². The largest absolute Gasteiger partial charge is 0.357 e. The predicted octanol–water partition coefficient (Wildman–Crippen LogP) is 1.76. The molecular weight excluding hydrogens is 312 g/mol. The second kappa shape index (κ2) is 7.36. The molecule has 0 aromatic carbocycles. The predicted molar refractivity (Wildman–Crippen MR) is 101 cm³/mol. The number of aliphatic imine (C=N–C) groups is 1. The Balaban J connectivity index is 1.38. The zero-order valence-corrected chi connectivity index (χ0v) is 15.7. The molecule has 3 aliphatic rings. The summed E-state index contributed by atoms with van der Waals surface area (Å²) in [5, 5.41) is 7.08. The number of nitrogens with zero attached hydrogens (tertiary/aromatic N) is 4. The molecule has 2 unspecified atom stereocenters. The number of likely N-dealkylation sites (tertiary alicyclic amines) is 1. The van der Waals surface area contributed by atoms with Gasteiger partial charge in [0.05, 0.1) is 12.2 Å². The van der Waals surface area contributed by atoms with Crippen LogP contribution in [0.15, 0.2) is 11.2 Å². The molecule has 0 bridgehead atoms. The number of rotatable bonds is 5. The fourth-order valence-electron chi connectivity index (χ4n) is 4.13. The molecule has 1 saturated carbocycles. The van der Waals surface area contributed by atoms with E-state index in [0.29, 0.717) is 18.5 Å². The van der Waals surface area contributed by atoms with Crippen molar-refractivity contribution in [1.29, 1.82) is 0 Å². The summed E-state index contributed by atoms with van der Waals surface area (Å²) in [6, 6.07) is 1.35. The molecular formula is C19H32N6. The van der Waals surface area contributed by atoms with Crippen LogP contribution in [0.3, 0.4) is 0 Å². The van der Waals surface area contributed by atoms with Crippen molar-refractivity contribution in [2.45, 2.75) is 71.1 Å². The fourth-order valence-corrected chi connectivity index (χ4v) is 4.13. The van der Waals surface area contributed by atoms with Gasteiger partial charge in [0.25, 0.3) is 0 Å². The summed E-state index contributed by atoms with van der Waals surface area (Å²) in [5.74, 6) is 2.84. The highest BCUT2D eigenvalue weighted by atomic mass is 15.3. The average Bonchev–Trinajstić information content (AvgIpc) is 3.27. The van der Waals surface area contributed by atoms with E-state index in [1.54, 1.807) is 0 Å². The Labute approximate surface area is 151 Å². The maximum absolute atomic E-state index is 4.81. The minimum absolute atomic E-state index is 0.494. The number of aryl methyl sites for hydroxylation is 2. The zero-order valence-electron chi connectivity index (χ0n) is 15.7. The minimum Gasteiger partial charge on any atom is -0.357 e. The third kappa shape index (κ3) is 4.00. The van der Waals surface area contributed by atoms with Crippen LogP contribution in [-0.4, -0.2) is 52.1 Å². The molecule has 1 aromatic rings. The maximum atomic E-state index is 4.81. The lowest BCUT2D eigenvalue weighted by atomic mass is 10.1. The van der Waals surface area contributed by atoms with Crippen molar-refractivity contribution in [3.8, 4) is 0 Å². The maximum Gasteiger partial charge on any atom is 0.191 e. The van der Waals surface area contributed by atoms with Crippen LogP contribution in [-0.2, 0) is 19.5 Å². The van der Waals surface area contributed by atoms with Crippen LogP contribution in [0, 0.1) is 5.92 Å². The van der Waals surface area contributed by atoms with Crippen molar-refractivity contribution in [3.05, 3.63) is 17.7 Å². The number of fused-ring (bicyclic) bond motifs is 1. The lowest BCUT2D eigenvalue weighted by Gasteiger charge is -2.20. The van der Waals surface area contributed by atoms with Gasteiger partial charge in [-0.25, -0.2) is 9.98 Å². The first kappa shape index (κ1) is 16.9. The topological polar surface area (TPSA) is 57.5 Å². The normalized spacial score (nSPS) is 27.4. The van der Waals surface area contributed by atoms with Crippen LogP contribution in [0.4, 0.5) is 0 Å². The van der Waals surface area contributed by atoms with Crippen LogP contribution < -0.4 is 10.6 Å². The summed E-state index contributed by atoms with van der Waals surface area (Å²) in [6.45, 7) is 9.50. The SMILES string of the molecule is CCNC(=NCc1cn2c(n1)CCCC2)NC1CN(C2CC2)CC1C. The van der Waals surface area contributed by atoms with Crippen molar-refractivity contribution < 1.29 is 0 Å². The lowest BCUT2D eigenvalue weighted by molar-refractivity contribution is 0.315. The van der Waals surface area contributed by atoms with E-state index in [1.165, 1.54) is 38.1 Å². The van der Waals surface area contributed by atoms with Gasteiger partial charge in [0.2, 0.25) is 0 Å². The molecule has 6 heteroatoms. The molecule has 2 aliphatic heterocycles. The van der Waals surface area contributed by atoms with Gasteiger partial charge in [-0.15, -0.1) is 0 Å². The number of guanidine groups is 1. The molecule has 1 aromatic heterocycles. The van der Waals surface area contributed by atoms with Crippen molar-refractivity contribution in [3.63, 3.8) is 0 Å². The van der Waals surface area contributed by atoms with E-state index in [-0.39, 0.29) is 0 Å². The van der Waals surface area contributed by atoms with Gasteiger partial charge in [-0.05, 0) is 38.5 Å². The van der Waals surface area contributed by atoms with Crippen LogP contribution in [0.1, 0.15) is 51.0 Å². The monoisotopic (exact) mass is 344 g/mol. The average molecular weight is 345 g/mol. The van der Waals surface area contributed by atoms with Gasteiger partial charge in [0.1, 0.15) is 5.82 Å². The summed E-state index contributed by atoms with van der Waals surface area (Å²) >= 11 is 0. The van der Waals surface area contributed by atoms with E-state index >= 15 is 0 Å². The van der Waals surface area contributed by atoms with E-state index in [1.807, 2.05) is 0 Å². The molecule has 2 atom stereocenters. The van der Waals surface area contributed by atoms with Crippen LogP contribution in [0.2, 0.25) is 0 Å². The van der Waals surface area contributed by atoms with Gasteiger partial charge in [-0.1, -0.05) is 6.92 Å². The quantitative estimate of drug-likeness (QED) is 0.631. The summed E-state index contributed by atoms with van der Waals surface area (Å²) in [5.41, 5.74) is 1.09. The summed E-state index contributed by atoms with van der Waals surface area (Å²) < 4.78 is 2.31. The van der Waals surface area contributed by atoms with Crippen molar-refractivity contribution in [2.24, 2.45) is 10.9 Å². The van der Waals surface area contributed by atoms with Gasteiger partial charge in [-0.2, -0.15) is 0 Å². The molecule has 0 spiro atoms. The number of hydrogen-bond donors (Lipinski definition) is 2. The number of aromatic nitrogens is 2. The smallest absolute Gasteiger partial charge is 0.191 e. The summed E-state index contributed by atoms with van der Waals surface area (Å²) in [6.07, 6.45) is 8.61. The first-order valence-electron chi connectivity index (χ1n) is 10.1. The molecule has 1 aliphatic carbocycles. The van der Waals surface area contributed by atoms with E-state index in [0.717, 1.165) is 43.8 Å². The Morgan fingerprint density at radius 3 is 2.96 bits per heavy atom. The van der Waals surface area contributed by atoms with Crippen molar-refractivity contribution in [1.82, 2.24) is 25.1 Å². The first-order valence-corrected chi connectivity index (χ1v) is 10.1. The Bertz CT molecular complexity index is 594. The lowest BCUT2D eigenvalue weighted by Crippen LogP contribution is -2.46. The summed E-state index contributed by atoms with van der Waals surface area (Å²) in [7, 11) is 0. The highest BCUT2D eigenvalue weighted by molar-refractivity contribution is 5.80. The zero-order chi connectivity index (χ0) is 17.2. The van der Waals surface area contributed by atoms with E-state index < -0.39 is 0 Å².